The fourth-order valence-corrected chi connectivity index (χ4v) is 5.99. The number of halogens is 1. The number of ether oxygens (including phenoxy) is 1. The molecule has 1 fully saturated rings. The van der Waals surface area contributed by atoms with E-state index in [4.69, 9.17) is 16.3 Å². The molecule has 3 rings (SSSR count). The van der Waals surface area contributed by atoms with E-state index in [9.17, 15) is 18.3 Å². The topological polar surface area (TPSA) is 80.7 Å². The van der Waals surface area contributed by atoms with Crippen molar-refractivity contribution in [3.05, 3.63) is 65.2 Å². The smallest absolute Gasteiger partial charge is 0.314 e. The Bertz CT molecular complexity index is 879. The summed E-state index contributed by atoms with van der Waals surface area (Å²) in [6.45, 7) is -0.188. The number of benzene rings is 2. The van der Waals surface area contributed by atoms with E-state index in [1.165, 1.54) is 19.2 Å². The maximum Gasteiger partial charge on any atom is 0.314 e. The van der Waals surface area contributed by atoms with E-state index in [1.807, 2.05) is 0 Å². The van der Waals surface area contributed by atoms with E-state index in [0.717, 1.165) is 0 Å². The number of aliphatic carboxylic acids is 1. The largest absolute Gasteiger partial charge is 0.481 e. The zero-order valence-electron chi connectivity index (χ0n) is 13.4. The lowest BCUT2D eigenvalue weighted by molar-refractivity contribution is -0.145. The van der Waals surface area contributed by atoms with Crippen molar-refractivity contribution in [3.8, 4) is 0 Å². The molecule has 0 bridgehead atoms. The summed E-state index contributed by atoms with van der Waals surface area (Å²) >= 11 is 5.89. The van der Waals surface area contributed by atoms with Crippen LogP contribution < -0.4 is 0 Å². The number of sulfone groups is 1. The van der Waals surface area contributed by atoms with Gasteiger partial charge in [-0.15, -0.1) is 0 Å². The molecule has 1 aliphatic rings. The predicted octanol–water partition coefficient (Wildman–Crippen LogP) is 3.00. The van der Waals surface area contributed by atoms with Gasteiger partial charge in [0.15, 0.2) is 9.84 Å². The molecule has 0 heterocycles. The SMILES string of the molecule is COC[C@@]1(C(=O)O)[C@H](c2ccc(Cl)cc2)[C@@H]1S(=O)(=O)c1ccccc1. The van der Waals surface area contributed by atoms with E-state index in [-0.39, 0.29) is 11.5 Å². The molecule has 0 amide bonds. The molecule has 25 heavy (non-hydrogen) atoms. The van der Waals surface area contributed by atoms with Gasteiger partial charge in [-0.1, -0.05) is 41.9 Å². The maximum absolute atomic E-state index is 13.1. The summed E-state index contributed by atoms with van der Waals surface area (Å²) in [5.41, 5.74) is -0.898. The average molecular weight is 381 g/mol. The summed E-state index contributed by atoms with van der Waals surface area (Å²) in [6, 6.07) is 14.5. The summed E-state index contributed by atoms with van der Waals surface area (Å²) in [6.07, 6.45) is 0. The Labute approximate surface area is 151 Å². The second-order valence-corrected chi connectivity index (χ2v) is 8.59. The molecular formula is C18H17ClO5S. The van der Waals surface area contributed by atoms with Crippen LogP contribution in [0.15, 0.2) is 59.5 Å². The van der Waals surface area contributed by atoms with Gasteiger partial charge in [-0.25, -0.2) is 8.42 Å². The second-order valence-electron chi connectivity index (χ2n) is 6.09. The van der Waals surface area contributed by atoms with Gasteiger partial charge < -0.3 is 9.84 Å². The summed E-state index contributed by atoms with van der Waals surface area (Å²) in [5, 5.41) is 9.23. The molecule has 0 unspecified atom stereocenters. The number of rotatable bonds is 6. The van der Waals surface area contributed by atoms with Crippen LogP contribution in [0.25, 0.3) is 0 Å². The Morgan fingerprint density at radius 1 is 1.16 bits per heavy atom. The van der Waals surface area contributed by atoms with Gasteiger partial charge in [-0.2, -0.15) is 0 Å². The minimum absolute atomic E-state index is 0.109. The lowest BCUT2D eigenvalue weighted by Gasteiger charge is -2.12. The summed E-state index contributed by atoms with van der Waals surface area (Å²) in [7, 11) is -2.47. The minimum Gasteiger partial charge on any atom is -0.481 e. The monoisotopic (exact) mass is 380 g/mol. The second kappa shape index (κ2) is 6.44. The number of carboxylic acids is 1. The molecule has 0 spiro atoms. The third kappa shape index (κ3) is 2.84. The Balaban J connectivity index is 2.12. The summed E-state index contributed by atoms with van der Waals surface area (Å²) < 4.78 is 31.3. The van der Waals surface area contributed by atoms with Gasteiger partial charge in [0, 0.05) is 18.1 Å². The molecule has 3 atom stereocenters. The van der Waals surface area contributed by atoms with Crippen molar-refractivity contribution in [1.82, 2.24) is 0 Å². The molecule has 1 N–H and O–H groups in total. The standard InChI is InChI=1S/C18H17ClO5S/c1-24-11-18(17(20)21)15(12-7-9-13(19)10-8-12)16(18)25(22,23)14-5-3-2-4-6-14/h2-10,15-16H,11H2,1H3,(H,20,21)/t15-,16+,18-/m1/s1. The van der Waals surface area contributed by atoms with Crippen molar-refractivity contribution in [3.63, 3.8) is 0 Å². The van der Waals surface area contributed by atoms with Gasteiger partial charge in [0.25, 0.3) is 0 Å². The van der Waals surface area contributed by atoms with Crippen molar-refractivity contribution in [2.45, 2.75) is 16.1 Å². The van der Waals surface area contributed by atoms with E-state index >= 15 is 0 Å². The predicted molar refractivity (Wildman–Crippen MR) is 93.6 cm³/mol. The van der Waals surface area contributed by atoms with Gasteiger partial charge in [-0.05, 0) is 29.8 Å². The number of hydrogen-bond acceptors (Lipinski definition) is 4. The van der Waals surface area contributed by atoms with Crippen molar-refractivity contribution in [1.29, 1.82) is 0 Å². The Morgan fingerprint density at radius 2 is 1.76 bits per heavy atom. The molecule has 0 saturated heterocycles. The zero-order chi connectivity index (χ0) is 18.2. The molecular weight excluding hydrogens is 364 g/mol. The van der Waals surface area contributed by atoms with E-state index in [2.05, 4.69) is 0 Å². The molecule has 2 aromatic rings. The molecule has 0 aliphatic heterocycles. The normalized spacial score (nSPS) is 25.5. The fourth-order valence-electron chi connectivity index (χ4n) is 3.49. The highest BCUT2D eigenvalue weighted by atomic mass is 35.5. The number of hydrogen-bond donors (Lipinski definition) is 1. The van der Waals surface area contributed by atoms with Crippen LogP contribution in [0, 0.1) is 5.41 Å². The third-order valence-corrected chi connectivity index (χ3v) is 7.22. The van der Waals surface area contributed by atoms with Crippen molar-refractivity contribution < 1.29 is 23.1 Å². The molecule has 0 aromatic heterocycles. The highest BCUT2D eigenvalue weighted by molar-refractivity contribution is 7.92. The Kier molecular flexibility index (Phi) is 4.62. The maximum atomic E-state index is 13.1. The lowest BCUT2D eigenvalue weighted by Crippen LogP contribution is -2.28. The first-order valence-corrected chi connectivity index (χ1v) is 9.55. The van der Waals surface area contributed by atoms with Gasteiger partial charge in [-0.3, -0.25) is 4.79 Å². The highest BCUT2D eigenvalue weighted by Crippen LogP contribution is 2.64. The average Bonchev–Trinajstić information content (AvgIpc) is 3.28. The molecule has 132 valence electrons. The molecule has 1 aliphatic carbocycles. The molecule has 1 saturated carbocycles. The van der Waals surface area contributed by atoms with Gasteiger partial charge in [0.2, 0.25) is 0 Å². The van der Waals surface area contributed by atoms with Crippen molar-refractivity contribution in [2.75, 3.05) is 13.7 Å². The van der Waals surface area contributed by atoms with Crippen LogP contribution in [0.2, 0.25) is 5.02 Å². The molecule has 2 aromatic carbocycles. The van der Waals surface area contributed by atoms with Gasteiger partial charge >= 0.3 is 5.97 Å². The van der Waals surface area contributed by atoms with Gasteiger partial charge in [0.1, 0.15) is 5.41 Å². The molecule has 0 radical (unpaired) electrons. The Hall–Kier alpha value is -1.89. The fraction of sp³-hybridized carbons (Fsp3) is 0.278. The quantitative estimate of drug-likeness (QED) is 0.833. The van der Waals surface area contributed by atoms with Crippen LogP contribution in [0.1, 0.15) is 11.5 Å². The summed E-state index contributed by atoms with van der Waals surface area (Å²) in [4.78, 5) is 12.2. The van der Waals surface area contributed by atoms with E-state index < -0.39 is 32.4 Å². The van der Waals surface area contributed by atoms with Crippen LogP contribution in [-0.2, 0) is 19.4 Å². The number of methoxy groups -OCH3 is 1. The van der Waals surface area contributed by atoms with Crippen LogP contribution in [0.5, 0.6) is 0 Å². The van der Waals surface area contributed by atoms with Crippen LogP contribution in [0.4, 0.5) is 0 Å². The molecule has 5 nitrogen and oxygen atoms in total. The number of carbonyl (C=O) groups is 1. The van der Waals surface area contributed by atoms with Crippen molar-refractivity contribution in [2.24, 2.45) is 5.41 Å². The van der Waals surface area contributed by atoms with Crippen molar-refractivity contribution >= 4 is 27.4 Å². The van der Waals surface area contributed by atoms with Gasteiger partial charge in [0.05, 0.1) is 16.8 Å². The Morgan fingerprint density at radius 3 is 2.28 bits per heavy atom. The molecule has 7 heteroatoms. The van der Waals surface area contributed by atoms with E-state index in [0.29, 0.717) is 10.6 Å². The minimum atomic E-state index is -3.84. The summed E-state index contributed by atoms with van der Waals surface area (Å²) in [5.74, 6) is -1.88. The van der Waals surface area contributed by atoms with Crippen LogP contribution in [0.3, 0.4) is 0 Å². The first kappa shape index (κ1) is 17.9. The van der Waals surface area contributed by atoms with E-state index in [1.54, 1.807) is 42.5 Å². The first-order chi connectivity index (χ1) is 11.9. The lowest BCUT2D eigenvalue weighted by atomic mass is 10.0. The first-order valence-electron chi connectivity index (χ1n) is 7.62. The highest BCUT2D eigenvalue weighted by Gasteiger charge is 2.76. The zero-order valence-corrected chi connectivity index (χ0v) is 15.0. The number of carboxylic acid groups (broad SMARTS) is 1. The third-order valence-electron chi connectivity index (χ3n) is 4.67. The van der Waals surface area contributed by atoms with Crippen LogP contribution in [-0.4, -0.2) is 38.5 Å². The van der Waals surface area contributed by atoms with Crippen LogP contribution >= 0.6 is 11.6 Å².